The summed E-state index contributed by atoms with van der Waals surface area (Å²) in [5.41, 5.74) is 0.296. The number of halogens is 2. The maximum atomic E-state index is 12.1. The van der Waals surface area contributed by atoms with Gasteiger partial charge in [-0.25, -0.2) is 8.42 Å². The number of nitro groups is 1. The fourth-order valence-corrected chi connectivity index (χ4v) is 2.90. The van der Waals surface area contributed by atoms with Gasteiger partial charge in [-0.3, -0.25) is 4.72 Å². The second kappa shape index (κ2) is 5.96. The monoisotopic (exact) mass is 391 g/mol. The predicted octanol–water partition coefficient (Wildman–Crippen LogP) is 3.21. The minimum Gasteiger partial charge on any atom is -0.358 e. The van der Waals surface area contributed by atoms with Gasteiger partial charge in [0.05, 0.1) is 10.7 Å². The van der Waals surface area contributed by atoms with Gasteiger partial charge >= 0.3 is 5.82 Å². The number of hydrogen-bond acceptors (Lipinski definition) is 5. The Bertz CT molecular complexity index is 796. The third-order valence-corrected chi connectivity index (χ3v) is 4.97. The van der Waals surface area contributed by atoms with Gasteiger partial charge in [0.1, 0.15) is 4.90 Å². The van der Waals surface area contributed by atoms with E-state index in [-0.39, 0.29) is 4.90 Å². The molecule has 110 valence electrons. The Morgan fingerprint density at radius 1 is 1.29 bits per heavy atom. The molecule has 0 spiro atoms. The molecule has 7 nitrogen and oxygen atoms in total. The molecule has 1 heterocycles. The third kappa shape index (κ3) is 3.69. The molecule has 0 radical (unpaired) electrons. The maximum absolute atomic E-state index is 12.1. The smallest absolute Gasteiger partial charge is 0.358 e. The van der Waals surface area contributed by atoms with Gasteiger partial charge in [-0.05, 0) is 50.1 Å². The molecule has 2 aromatic rings. The first-order valence-corrected chi connectivity index (χ1v) is 8.03. The molecular weight excluding hydrogens is 386 g/mol. The summed E-state index contributed by atoms with van der Waals surface area (Å²) in [5.74, 6) is -0.428. The van der Waals surface area contributed by atoms with Crippen LogP contribution in [0.25, 0.3) is 0 Å². The number of aromatic nitrogens is 1. The number of nitrogens with one attached hydrogen (secondary N) is 1. The highest BCUT2D eigenvalue weighted by Gasteiger charge is 2.18. The second-order valence-corrected chi connectivity index (χ2v) is 6.79. The Morgan fingerprint density at radius 2 is 2.00 bits per heavy atom. The number of anilines is 1. The van der Waals surface area contributed by atoms with Crippen LogP contribution in [-0.2, 0) is 10.0 Å². The van der Waals surface area contributed by atoms with Crippen LogP contribution in [0.3, 0.4) is 0 Å². The van der Waals surface area contributed by atoms with Gasteiger partial charge in [0.25, 0.3) is 10.0 Å². The lowest BCUT2D eigenvalue weighted by molar-refractivity contribution is -0.389. The van der Waals surface area contributed by atoms with E-state index in [4.69, 9.17) is 11.6 Å². The highest BCUT2D eigenvalue weighted by atomic mass is 79.9. The zero-order valence-corrected chi connectivity index (χ0v) is 13.3. The van der Waals surface area contributed by atoms with E-state index in [0.717, 1.165) is 18.3 Å². The molecule has 0 bridgehead atoms. The Labute approximate surface area is 133 Å². The molecule has 1 aromatic heterocycles. The van der Waals surface area contributed by atoms with E-state index in [2.05, 4.69) is 25.6 Å². The molecule has 0 unspecified atom stereocenters. The molecule has 0 fully saturated rings. The Kier molecular flexibility index (Phi) is 4.45. The summed E-state index contributed by atoms with van der Waals surface area (Å²) in [5, 5.41) is 10.9. The predicted molar refractivity (Wildman–Crippen MR) is 80.9 cm³/mol. The first kappa shape index (κ1) is 15.7. The van der Waals surface area contributed by atoms with Crippen molar-refractivity contribution in [2.24, 2.45) is 0 Å². The summed E-state index contributed by atoms with van der Waals surface area (Å²) < 4.78 is 27.1. The summed E-state index contributed by atoms with van der Waals surface area (Å²) in [6, 6.07) is 6.64. The molecule has 0 saturated heterocycles. The summed E-state index contributed by atoms with van der Waals surface area (Å²) in [7, 11) is -3.88. The molecule has 21 heavy (non-hydrogen) atoms. The molecule has 1 aromatic carbocycles. The standard InChI is InChI=1S/C11H7BrClN3O4S/c12-9-5-7(1-3-10(9)13)15-21(19,20)8-2-4-11(14-6-8)16(17)18/h1-6,15H. The van der Waals surface area contributed by atoms with E-state index < -0.39 is 20.8 Å². The second-order valence-electron chi connectivity index (χ2n) is 3.84. The molecule has 10 heteroatoms. The summed E-state index contributed by atoms with van der Waals surface area (Å²) in [4.78, 5) is 13.1. The largest absolute Gasteiger partial charge is 0.363 e. The molecule has 0 aliphatic rings. The number of rotatable bonds is 4. The van der Waals surface area contributed by atoms with Crippen LogP contribution in [0.1, 0.15) is 0 Å². The van der Waals surface area contributed by atoms with Gasteiger partial charge in [0, 0.05) is 10.5 Å². The van der Waals surface area contributed by atoms with Crippen LogP contribution >= 0.6 is 27.5 Å². The van der Waals surface area contributed by atoms with Gasteiger partial charge in [0.2, 0.25) is 0 Å². The van der Waals surface area contributed by atoms with Crippen molar-refractivity contribution in [1.82, 2.24) is 4.98 Å². The van der Waals surface area contributed by atoms with E-state index in [0.29, 0.717) is 15.2 Å². The molecule has 0 amide bonds. The van der Waals surface area contributed by atoms with E-state index >= 15 is 0 Å². The van der Waals surface area contributed by atoms with E-state index in [9.17, 15) is 18.5 Å². The lowest BCUT2D eigenvalue weighted by Crippen LogP contribution is -2.13. The Hall–Kier alpha value is -1.71. The van der Waals surface area contributed by atoms with Crippen molar-refractivity contribution >= 4 is 49.1 Å². The molecule has 2 rings (SSSR count). The highest BCUT2D eigenvalue weighted by Crippen LogP contribution is 2.27. The lowest BCUT2D eigenvalue weighted by Gasteiger charge is -2.07. The van der Waals surface area contributed by atoms with Gasteiger partial charge in [-0.15, -0.1) is 0 Å². The van der Waals surface area contributed by atoms with Crippen molar-refractivity contribution in [2.75, 3.05) is 4.72 Å². The van der Waals surface area contributed by atoms with Gasteiger partial charge in [-0.2, -0.15) is 0 Å². The molecule has 0 atom stereocenters. The Balaban J connectivity index is 2.29. The van der Waals surface area contributed by atoms with Gasteiger partial charge in [-0.1, -0.05) is 11.6 Å². The van der Waals surface area contributed by atoms with Crippen LogP contribution in [0.5, 0.6) is 0 Å². The first-order chi connectivity index (χ1) is 9.79. The lowest BCUT2D eigenvalue weighted by atomic mass is 10.3. The third-order valence-electron chi connectivity index (χ3n) is 2.39. The summed E-state index contributed by atoms with van der Waals surface area (Å²) in [6.45, 7) is 0. The van der Waals surface area contributed by atoms with Crippen LogP contribution in [0, 0.1) is 10.1 Å². The van der Waals surface area contributed by atoms with Crippen molar-refractivity contribution in [3.05, 3.63) is 56.1 Å². The zero-order chi connectivity index (χ0) is 15.6. The normalized spacial score (nSPS) is 11.1. The summed E-state index contributed by atoms with van der Waals surface area (Å²) >= 11 is 9.00. The fourth-order valence-electron chi connectivity index (χ4n) is 1.41. The van der Waals surface area contributed by atoms with Crippen LogP contribution in [0.2, 0.25) is 5.02 Å². The van der Waals surface area contributed by atoms with E-state index in [1.165, 1.54) is 18.2 Å². The van der Waals surface area contributed by atoms with Crippen molar-refractivity contribution < 1.29 is 13.3 Å². The topological polar surface area (TPSA) is 102 Å². The van der Waals surface area contributed by atoms with Crippen molar-refractivity contribution in [1.29, 1.82) is 0 Å². The van der Waals surface area contributed by atoms with Crippen molar-refractivity contribution in [3.63, 3.8) is 0 Å². The molecule has 0 aliphatic carbocycles. The minimum atomic E-state index is -3.88. The molecule has 0 saturated carbocycles. The average molecular weight is 393 g/mol. The number of pyridine rings is 1. The number of nitrogens with zero attached hydrogens (tertiary/aromatic N) is 2. The molecular formula is C11H7BrClN3O4S. The van der Waals surface area contributed by atoms with E-state index in [1.54, 1.807) is 0 Å². The van der Waals surface area contributed by atoms with Crippen molar-refractivity contribution in [3.8, 4) is 0 Å². The fraction of sp³-hybridized carbons (Fsp3) is 0. The quantitative estimate of drug-likeness (QED) is 0.636. The molecule has 1 N–H and O–H groups in total. The zero-order valence-electron chi connectivity index (χ0n) is 10.2. The maximum Gasteiger partial charge on any atom is 0.363 e. The van der Waals surface area contributed by atoms with Crippen LogP contribution in [0.4, 0.5) is 11.5 Å². The number of hydrogen-bond donors (Lipinski definition) is 1. The SMILES string of the molecule is O=[N+]([O-])c1ccc(S(=O)(=O)Nc2ccc(Cl)c(Br)c2)cn1. The van der Waals surface area contributed by atoms with Gasteiger partial charge < -0.3 is 10.1 Å². The summed E-state index contributed by atoms with van der Waals surface area (Å²) in [6.07, 6.45) is 0.922. The van der Waals surface area contributed by atoms with Crippen LogP contribution in [0.15, 0.2) is 45.9 Å². The number of benzene rings is 1. The first-order valence-electron chi connectivity index (χ1n) is 5.38. The van der Waals surface area contributed by atoms with Crippen molar-refractivity contribution in [2.45, 2.75) is 4.90 Å². The van der Waals surface area contributed by atoms with Crippen LogP contribution in [-0.4, -0.2) is 18.3 Å². The molecule has 0 aliphatic heterocycles. The van der Waals surface area contributed by atoms with E-state index in [1.807, 2.05) is 0 Å². The van der Waals surface area contributed by atoms with Crippen LogP contribution < -0.4 is 4.72 Å². The Morgan fingerprint density at radius 3 is 2.52 bits per heavy atom. The number of sulfonamides is 1. The minimum absolute atomic E-state index is 0.181. The van der Waals surface area contributed by atoms with Gasteiger partial charge in [0.15, 0.2) is 6.20 Å². The highest BCUT2D eigenvalue weighted by molar-refractivity contribution is 9.10. The average Bonchev–Trinajstić information content (AvgIpc) is 2.43.